The minimum absolute atomic E-state index is 0.0444. The van der Waals surface area contributed by atoms with E-state index in [9.17, 15) is 13.2 Å². The maximum Gasteiger partial charge on any atom is 0.251 e. The van der Waals surface area contributed by atoms with Crippen molar-refractivity contribution < 1.29 is 13.2 Å². The lowest BCUT2D eigenvalue weighted by Crippen LogP contribution is -2.40. The highest BCUT2D eigenvalue weighted by Gasteiger charge is 2.13. The molecule has 0 aliphatic rings. The van der Waals surface area contributed by atoms with Crippen LogP contribution in [0.2, 0.25) is 0 Å². The molecule has 0 saturated heterocycles. The number of carbonyl (C=O) groups excluding carboxylic acids is 1. The smallest absolute Gasteiger partial charge is 0.251 e. The maximum absolute atomic E-state index is 12.0. The average molecular weight is 298 g/mol. The van der Waals surface area contributed by atoms with Crippen LogP contribution in [-0.4, -0.2) is 33.2 Å². The van der Waals surface area contributed by atoms with E-state index in [1.165, 1.54) is 24.3 Å². The minimum atomic E-state index is -3.24. The van der Waals surface area contributed by atoms with Gasteiger partial charge in [0.05, 0.1) is 4.90 Å². The number of rotatable bonds is 7. The summed E-state index contributed by atoms with van der Waals surface area (Å²) in [5.41, 5.74) is 6.06. The first kappa shape index (κ1) is 16.7. The number of nitrogens with two attached hydrogens (primary N) is 1. The fourth-order valence-electron chi connectivity index (χ4n) is 1.82. The number of amides is 1. The van der Waals surface area contributed by atoms with Gasteiger partial charge in [-0.25, -0.2) is 8.42 Å². The van der Waals surface area contributed by atoms with Crippen LogP contribution in [-0.2, 0) is 9.84 Å². The number of hydrogen-bond donors (Lipinski definition) is 2. The van der Waals surface area contributed by atoms with Crippen LogP contribution in [0.25, 0.3) is 0 Å². The summed E-state index contributed by atoms with van der Waals surface area (Å²) in [7, 11) is -3.24. The zero-order chi connectivity index (χ0) is 15.2. The van der Waals surface area contributed by atoms with Gasteiger partial charge in [-0.05, 0) is 30.7 Å². The van der Waals surface area contributed by atoms with Gasteiger partial charge in [-0.1, -0.05) is 19.8 Å². The summed E-state index contributed by atoms with van der Waals surface area (Å²) in [6.07, 6.45) is 4.04. The van der Waals surface area contributed by atoms with Crippen LogP contribution in [0.4, 0.5) is 0 Å². The highest BCUT2D eigenvalue weighted by atomic mass is 32.2. The first-order chi connectivity index (χ1) is 9.38. The van der Waals surface area contributed by atoms with Crippen molar-refractivity contribution in [3.05, 3.63) is 29.8 Å². The van der Waals surface area contributed by atoms with Crippen LogP contribution in [0.15, 0.2) is 29.2 Å². The van der Waals surface area contributed by atoms with E-state index < -0.39 is 9.84 Å². The zero-order valence-corrected chi connectivity index (χ0v) is 12.7. The normalized spacial score (nSPS) is 12.9. The van der Waals surface area contributed by atoms with E-state index in [1.54, 1.807) is 0 Å². The van der Waals surface area contributed by atoms with E-state index in [1.807, 2.05) is 0 Å². The molecule has 0 radical (unpaired) electrons. The Bertz CT molecular complexity index is 538. The summed E-state index contributed by atoms with van der Waals surface area (Å²) in [4.78, 5) is 12.2. The zero-order valence-electron chi connectivity index (χ0n) is 11.9. The molecule has 1 rings (SSSR count). The molecule has 0 aliphatic heterocycles. The van der Waals surface area contributed by atoms with E-state index >= 15 is 0 Å². The molecule has 0 aromatic heterocycles. The monoisotopic (exact) mass is 298 g/mol. The van der Waals surface area contributed by atoms with Gasteiger partial charge in [0.2, 0.25) is 0 Å². The third-order valence-corrected chi connectivity index (χ3v) is 4.20. The Hall–Kier alpha value is -1.40. The van der Waals surface area contributed by atoms with E-state index in [0.717, 1.165) is 25.5 Å². The van der Waals surface area contributed by atoms with Crippen LogP contribution >= 0.6 is 0 Å². The Labute approximate surface area is 120 Å². The molecule has 0 aliphatic carbocycles. The number of benzene rings is 1. The van der Waals surface area contributed by atoms with Crippen LogP contribution in [0, 0.1) is 0 Å². The van der Waals surface area contributed by atoms with Gasteiger partial charge in [0.25, 0.3) is 5.91 Å². The lowest BCUT2D eigenvalue weighted by atomic mass is 10.1. The highest BCUT2D eigenvalue weighted by Crippen LogP contribution is 2.10. The summed E-state index contributed by atoms with van der Waals surface area (Å²) in [5.74, 6) is -0.225. The Kier molecular flexibility index (Phi) is 6.16. The molecule has 0 fully saturated rings. The molecule has 1 atom stereocenters. The van der Waals surface area contributed by atoms with Crippen molar-refractivity contribution in [2.45, 2.75) is 37.1 Å². The SMILES string of the molecule is CCCCC(CN)NC(=O)c1ccc(S(C)(=O)=O)cc1. The molecular weight excluding hydrogens is 276 g/mol. The molecule has 20 heavy (non-hydrogen) atoms. The first-order valence-electron chi connectivity index (χ1n) is 6.69. The second-order valence-corrected chi connectivity index (χ2v) is 6.86. The number of nitrogens with one attached hydrogen (secondary N) is 1. The lowest BCUT2D eigenvalue weighted by Gasteiger charge is -2.16. The first-order valence-corrected chi connectivity index (χ1v) is 8.58. The molecule has 0 spiro atoms. The molecule has 5 nitrogen and oxygen atoms in total. The average Bonchev–Trinajstić information content (AvgIpc) is 2.42. The van der Waals surface area contributed by atoms with E-state index in [2.05, 4.69) is 12.2 Å². The number of carbonyl (C=O) groups is 1. The summed E-state index contributed by atoms with van der Waals surface area (Å²) >= 11 is 0. The van der Waals surface area contributed by atoms with Gasteiger partial charge in [0, 0.05) is 24.4 Å². The van der Waals surface area contributed by atoms with E-state index in [-0.39, 0.29) is 16.8 Å². The maximum atomic E-state index is 12.0. The molecule has 1 aromatic rings. The van der Waals surface area contributed by atoms with Crippen molar-refractivity contribution in [2.24, 2.45) is 5.73 Å². The molecule has 1 aromatic carbocycles. The van der Waals surface area contributed by atoms with Crippen LogP contribution < -0.4 is 11.1 Å². The fraction of sp³-hybridized carbons (Fsp3) is 0.500. The van der Waals surface area contributed by atoms with Crippen molar-refractivity contribution in [1.82, 2.24) is 5.32 Å². The number of hydrogen-bond acceptors (Lipinski definition) is 4. The van der Waals surface area contributed by atoms with Crippen LogP contribution in [0.1, 0.15) is 36.5 Å². The van der Waals surface area contributed by atoms with Crippen LogP contribution in [0.3, 0.4) is 0 Å². The number of sulfone groups is 1. The van der Waals surface area contributed by atoms with Crippen molar-refractivity contribution in [2.75, 3.05) is 12.8 Å². The Morgan fingerprint density at radius 1 is 1.30 bits per heavy atom. The van der Waals surface area contributed by atoms with Gasteiger partial charge in [-0.15, -0.1) is 0 Å². The topological polar surface area (TPSA) is 89.3 Å². The predicted octanol–water partition coefficient (Wildman–Crippen LogP) is 1.34. The van der Waals surface area contributed by atoms with Gasteiger partial charge < -0.3 is 11.1 Å². The van der Waals surface area contributed by atoms with Gasteiger partial charge in [-0.2, -0.15) is 0 Å². The molecule has 3 N–H and O–H groups in total. The summed E-state index contributed by atoms with van der Waals surface area (Å²) in [6.45, 7) is 2.48. The minimum Gasteiger partial charge on any atom is -0.348 e. The van der Waals surface area contributed by atoms with Crippen LogP contribution in [0.5, 0.6) is 0 Å². The van der Waals surface area contributed by atoms with E-state index in [4.69, 9.17) is 5.73 Å². The molecule has 0 heterocycles. The van der Waals surface area contributed by atoms with Gasteiger partial charge in [0.15, 0.2) is 9.84 Å². The van der Waals surface area contributed by atoms with Crippen molar-refractivity contribution >= 4 is 15.7 Å². The summed E-state index contributed by atoms with van der Waals surface area (Å²) in [5, 5.41) is 2.86. The van der Waals surface area contributed by atoms with Crippen molar-refractivity contribution in [3.8, 4) is 0 Å². The Morgan fingerprint density at radius 3 is 2.35 bits per heavy atom. The lowest BCUT2D eigenvalue weighted by molar-refractivity contribution is 0.0935. The highest BCUT2D eigenvalue weighted by molar-refractivity contribution is 7.90. The number of unbranched alkanes of at least 4 members (excludes halogenated alkanes) is 1. The second-order valence-electron chi connectivity index (χ2n) is 4.84. The van der Waals surface area contributed by atoms with E-state index in [0.29, 0.717) is 12.1 Å². The van der Waals surface area contributed by atoms with Gasteiger partial charge in [0.1, 0.15) is 0 Å². The second kappa shape index (κ2) is 7.40. The summed E-state index contributed by atoms with van der Waals surface area (Å²) in [6, 6.07) is 5.86. The molecule has 1 amide bonds. The molecule has 112 valence electrons. The van der Waals surface area contributed by atoms with Crippen molar-refractivity contribution in [3.63, 3.8) is 0 Å². The molecule has 6 heteroatoms. The van der Waals surface area contributed by atoms with Crippen molar-refractivity contribution in [1.29, 1.82) is 0 Å². The van der Waals surface area contributed by atoms with Gasteiger partial charge in [-0.3, -0.25) is 4.79 Å². The third-order valence-electron chi connectivity index (χ3n) is 3.07. The van der Waals surface area contributed by atoms with Gasteiger partial charge >= 0.3 is 0 Å². The molecule has 0 bridgehead atoms. The largest absolute Gasteiger partial charge is 0.348 e. The third kappa shape index (κ3) is 4.94. The molecule has 1 unspecified atom stereocenters. The molecule has 0 saturated carbocycles. The fourth-order valence-corrected chi connectivity index (χ4v) is 2.45. The standard InChI is InChI=1S/C14H22N2O3S/c1-3-4-5-12(10-15)16-14(17)11-6-8-13(9-7-11)20(2,18)19/h6-9,12H,3-5,10,15H2,1-2H3,(H,16,17). The Morgan fingerprint density at radius 2 is 1.90 bits per heavy atom. The molecular formula is C14H22N2O3S. The predicted molar refractivity (Wildman–Crippen MR) is 79.4 cm³/mol. The Balaban J connectivity index is 2.72. The summed E-state index contributed by atoms with van der Waals surface area (Å²) < 4.78 is 22.7. The quantitative estimate of drug-likeness (QED) is 0.795.